The molecule has 0 atom stereocenters. The number of Topliss-reactive ketones (excluding diaryl/α,β-unsaturated/α-hetero) is 1. The Hall–Kier alpha value is -1.71. The second kappa shape index (κ2) is 2.39. The molecular weight excluding hydrogens is 170 g/mol. The van der Waals surface area contributed by atoms with Crippen LogP contribution in [0.2, 0.25) is 0 Å². The van der Waals surface area contributed by atoms with Gasteiger partial charge < -0.3 is 15.1 Å². The molecule has 0 spiro atoms. The summed E-state index contributed by atoms with van der Waals surface area (Å²) in [5.74, 6) is -0.476. The molecule has 13 heavy (non-hydrogen) atoms. The Morgan fingerprint density at radius 3 is 2.62 bits per heavy atom. The largest absolute Gasteiger partial charge is 0.504 e. The quantitative estimate of drug-likeness (QED) is 0.576. The van der Waals surface area contributed by atoms with E-state index in [0.29, 0.717) is 17.8 Å². The number of nitrogens with zero attached hydrogens (tertiary/aromatic N) is 1. The molecule has 0 amide bonds. The summed E-state index contributed by atoms with van der Waals surface area (Å²) in [6.45, 7) is 0.304. The number of carbonyl (C=O) groups is 1. The standard InChI is InChI=1S/C9H9NO3/c1-10-4-9(13)5-2-7(11)8(12)3-6(5)10/h2-3,11-12H,4H2,1H3. The van der Waals surface area contributed by atoms with E-state index in [2.05, 4.69) is 0 Å². The number of ketones is 1. The Morgan fingerprint density at radius 2 is 1.92 bits per heavy atom. The highest BCUT2D eigenvalue weighted by molar-refractivity contribution is 6.09. The molecule has 0 aromatic heterocycles. The molecule has 4 nitrogen and oxygen atoms in total. The molecule has 68 valence electrons. The fraction of sp³-hybridized carbons (Fsp3) is 0.222. The molecule has 1 aromatic rings. The first-order chi connectivity index (χ1) is 6.09. The summed E-state index contributed by atoms with van der Waals surface area (Å²) < 4.78 is 0. The van der Waals surface area contributed by atoms with Crippen LogP contribution in [0.25, 0.3) is 0 Å². The normalized spacial score (nSPS) is 14.8. The van der Waals surface area contributed by atoms with Crippen molar-refractivity contribution in [2.24, 2.45) is 0 Å². The maximum Gasteiger partial charge on any atom is 0.184 e. The van der Waals surface area contributed by atoms with Crippen molar-refractivity contribution >= 4 is 11.5 Å². The Morgan fingerprint density at radius 1 is 1.31 bits per heavy atom. The third-order valence-electron chi connectivity index (χ3n) is 2.19. The summed E-state index contributed by atoms with van der Waals surface area (Å²) in [5.41, 5.74) is 1.14. The molecule has 2 N–H and O–H groups in total. The molecule has 1 aromatic carbocycles. The summed E-state index contributed by atoms with van der Waals surface area (Å²) in [6, 6.07) is 2.70. The predicted octanol–water partition coefficient (Wildman–Crippen LogP) is 0.730. The third kappa shape index (κ3) is 1.02. The Kier molecular flexibility index (Phi) is 1.45. The van der Waals surface area contributed by atoms with Gasteiger partial charge >= 0.3 is 0 Å². The van der Waals surface area contributed by atoms with Crippen LogP contribution >= 0.6 is 0 Å². The fourth-order valence-corrected chi connectivity index (χ4v) is 1.49. The van der Waals surface area contributed by atoms with Gasteiger partial charge in [0.1, 0.15) is 0 Å². The van der Waals surface area contributed by atoms with E-state index in [1.807, 2.05) is 0 Å². The first kappa shape index (κ1) is 7.91. The molecule has 0 fully saturated rings. The lowest BCUT2D eigenvalue weighted by Crippen LogP contribution is -2.15. The van der Waals surface area contributed by atoms with Crippen molar-refractivity contribution in [2.45, 2.75) is 0 Å². The van der Waals surface area contributed by atoms with Crippen molar-refractivity contribution in [2.75, 3.05) is 18.5 Å². The lowest BCUT2D eigenvalue weighted by Gasteiger charge is -2.10. The monoisotopic (exact) mass is 179 g/mol. The molecule has 0 saturated heterocycles. The van der Waals surface area contributed by atoms with Crippen LogP contribution in [0.5, 0.6) is 11.5 Å². The minimum Gasteiger partial charge on any atom is -0.504 e. The molecule has 0 unspecified atom stereocenters. The molecule has 4 heteroatoms. The number of phenols is 2. The number of likely N-dealkylation sites (N-methyl/N-ethyl adjacent to an activating group) is 1. The highest BCUT2D eigenvalue weighted by Gasteiger charge is 2.25. The van der Waals surface area contributed by atoms with Gasteiger partial charge in [-0.1, -0.05) is 0 Å². The smallest absolute Gasteiger partial charge is 0.184 e. The Bertz CT molecular complexity index is 387. The van der Waals surface area contributed by atoms with Crippen LogP contribution in [0.1, 0.15) is 10.4 Å². The second-order valence-corrected chi connectivity index (χ2v) is 3.14. The van der Waals surface area contributed by atoms with Crippen LogP contribution in [0.4, 0.5) is 5.69 Å². The van der Waals surface area contributed by atoms with Crippen molar-refractivity contribution < 1.29 is 15.0 Å². The first-order valence-corrected chi connectivity index (χ1v) is 3.90. The van der Waals surface area contributed by atoms with Gasteiger partial charge in [0.05, 0.1) is 12.2 Å². The summed E-state index contributed by atoms with van der Waals surface area (Å²) in [4.78, 5) is 13.0. The number of fused-ring (bicyclic) bond motifs is 1. The molecule has 0 bridgehead atoms. The number of hydrogen-bond donors (Lipinski definition) is 2. The number of benzene rings is 1. The highest BCUT2D eigenvalue weighted by Crippen LogP contribution is 2.36. The minimum atomic E-state index is -0.248. The number of aromatic hydroxyl groups is 2. The van der Waals surface area contributed by atoms with E-state index < -0.39 is 0 Å². The Balaban J connectivity index is 2.65. The van der Waals surface area contributed by atoms with Gasteiger partial charge in [0.15, 0.2) is 17.3 Å². The van der Waals surface area contributed by atoms with E-state index in [-0.39, 0.29) is 17.3 Å². The molecular formula is C9H9NO3. The summed E-state index contributed by atoms with van der Waals surface area (Å²) in [7, 11) is 1.76. The lowest BCUT2D eigenvalue weighted by atomic mass is 10.1. The maximum atomic E-state index is 11.3. The van der Waals surface area contributed by atoms with Crippen molar-refractivity contribution in [3.8, 4) is 11.5 Å². The number of rotatable bonds is 0. The number of hydrogen-bond acceptors (Lipinski definition) is 4. The summed E-state index contributed by atoms with van der Waals surface area (Å²) in [5, 5.41) is 18.4. The van der Waals surface area contributed by atoms with Crippen LogP contribution in [-0.4, -0.2) is 29.6 Å². The molecule has 1 heterocycles. The predicted molar refractivity (Wildman–Crippen MR) is 47.4 cm³/mol. The topological polar surface area (TPSA) is 60.8 Å². The second-order valence-electron chi connectivity index (χ2n) is 3.14. The third-order valence-corrected chi connectivity index (χ3v) is 2.19. The van der Waals surface area contributed by atoms with E-state index in [1.54, 1.807) is 11.9 Å². The number of phenolic OH excluding ortho intramolecular Hbond substituents is 2. The zero-order valence-electron chi connectivity index (χ0n) is 7.11. The van der Waals surface area contributed by atoms with Gasteiger partial charge in [-0.3, -0.25) is 4.79 Å². The van der Waals surface area contributed by atoms with E-state index >= 15 is 0 Å². The van der Waals surface area contributed by atoms with Gasteiger partial charge in [-0.05, 0) is 6.07 Å². The maximum absolute atomic E-state index is 11.3. The van der Waals surface area contributed by atoms with Gasteiger partial charge in [-0.15, -0.1) is 0 Å². The SMILES string of the molecule is CN1CC(=O)c2cc(O)c(O)cc21. The van der Waals surface area contributed by atoms with Crippen molar-refractivity contribution in [1.82, 2.24) is 0 Å². The highest BCUT2D eigenvalue weighted by atomic mass is 16.3. The van der Waals surface area contributed by atoms with Gasteiger partial charge in [0, 0.05) is 18.7 Å². The molecule has 1 aliphatic rings. The summed E-state index contributed by atoms with van der Waals surface area (Å²) in [6.07, 6.45) is 0. The minimum absolute atomic E-state index is 0.0344. The van der Waals surface area contributed by atoms with Crippen LogP contribution in [-0.2, 0) is 0 Å². The molecule has 0 saturated carbocycles. The van der Waals surface area contributed by atoms with Crippen LogP contribution in [0.3, 0.4) is 0 Å². The van der Waals surface area contributed by atoms with Crippen LogP contribution < -0.4 is 4.90 Å². The molecule has 0 aliphatic carbocycles. The van der Waals surface area contributed by atoms with Crippen molar-refractivity contribution in [3.63, 3.8) is 0 Å². The average molecular weight is 179 g/mol. The lowest BCUT2D eigenvalue weighted by molar-refractivity contribution is 0.101. The number of carbonyl (C=O) groups excluding carboxylic acids is 1. The van der Waals surface area contributed by atoms with Crippen LogP contribution in [0.15, 0.2) is 12.1 Å². The number of anilines is 1. The Labute approximate surface area is 75.0 Å². The molecule has 2 rings (SSSR count). The van der Waals surface area contributed by atoms with Gasteiger partial charge in [0.2, 0.25) is 0 Å². The fourth-order valence-electron chi connectivity index (χ4n) is 1.49. The first-order valence-electron chi connectivity index (χ1n) is 3.90. The van der Waals surface area contributed by atoms with Crippen LogP contribution in [0, 0.1) is 0 Å². The van der Waals surface area contributed by atoms with Crippen molar-refractivity contribution in [1.29, 1.82) is 0 Å². The average Bonchev–Trinajstić information content (AvgIpc) is 2.31. The van der Waals surface area contributed by atoms with Gasteiger partial charge in [-0.25, -0.2) is 0 Å². The summed E-state index contributed by atoms with van der Waals surface area (Å²) >= 11 is 0. The van der Waals surface area contributed by atoms with Gasteiger partial charge in [0.25, 0.3) is 0 Å². The van der Waals surface area contributed by atoms with Gasteiger partial charge in [-0.2, -0.15) is 0 Å². The molecule has 0 radical (unpaired) electrons. The molecule has 1 aliphatic heterocycles. The zero-order chi connectivity index (χ0) is 9.59. The van der Waals surface area contributed by atoms with E-state index in [4.69, 9.17) is 5.11 Å². The van der Waals surface area contributed by atoms with E-state index in [1.165, 1.54) is 12.1 Å². The van der Waals surface area contributed by atoms with E-state index in [0.717, 1.165) is 0 Å². The van der Waals surface area contributed by atoms with E-state index in [9.17, 15) is 9.90 Å². The zero-order valence-corrected chi connectivity index (χ0v) is 7.11. The van der Waals surface area contributed by atoms with Crippen molar-refractivity contribution in [3.05, 3.63) is 17.7 Å².